The normalized spacial score (nSPS) is 25.3. The standard InChI is InChI=1S/C23H29F2N5O2/c24-23(25)10-13-29(14-11-23)22(8-1-2-9-22)21(32)30-12-4-7-19(30)20(31)27-17-5-3-6-18-16(17)15-26-28-18/h3,5-6,15,19H,1-2,4,7-14H2,(H,26,28)(H,27,31)/t19-/m1/s1. The molecule has 0 spiro atoms. The number of aromatic amines is 1. The van der Waals surface area contributed by atoms with Crippen LogP contribution in [-0.4, -0.2) is 68.9 Å². The molecule has 5 rings (SSSR count). The molecule has 3 fully saturated rings. The van der Waals surface area contributed by atoms with Gasteiger partial charge in [0, 0.05) is 37.9 Å². The molecule has 1 aromatic carbocycles. The van der Waals surface area contributed by atoms with Crippen LogP contribution in [0.2, 0.25) is 0 Å². The van der Waals surface area contributed by atoms with E-state index in [4.69, 9.17) is 0 Å². The van der Waals surface area contributed by atoms with Gasteiger partial charge in [0.15, 0.2) is 0 Å². The Hall–Kier alpha value is -2.55. The van der Waals surface area contributed by atoms with Gasteiger partial charge in [-0.25, -0.2) is 8.78 Å². The van der Waals surface area contributed by atoms with Crippen molar-refractivity contribution in [2.24, 2.45) is 0 Å². The Morgan fingerprint density at radius 1 is 1.06 bits per heavy atom. The van der Waals surface area contributed by atoms with Gasteiger partial charge in [0.2, 0.25) is 11.8 Å². The van der Waals surface area contributed by atoms with Crippen LogP contribution in [0.5, 0.6) is 0 Å². The topological polar surface area (TPSA) is 81.3 Å². The first-order chi connectivity index (χ1) is 15.4. The number of H-pyrrole nitrogens is 1. The molecule has 1 aromatic heterocycles. The van der Waals surface area contributed by atoms with E-state index < -0.39 is 17.5 Å². The molecule has 2 saturated heterocycles. The van der Waals surface area contributed by atoms with Crippen LogP contribution in [0.1, 0.15) is 51.4 Å². The fraction of sp³-hybridized carbons (Fsp3) is 0.609. The zero-order valence-electron chi connectivity index (χ0n) is 18.1. The minimum atomic E-state index is -2.65. The van der Waals surface area contributed by atoms with Gasteiger partial charge in [-0.2, -0.15) is 5.10 Å². The molecule has 32 heavy (non-hydrogen) atoms. The van der Waals surface area contributed by atoms with Gasteiger partial charge < -0.3 is 10.2 Å². The van der Waals surface area contributed by atoms with Gasteiger partial charge in [-0.3, -0.25) is 19.6 Å². The van der Waals surface area contributed by atoms with Crippen LogP contribution in [0.25, 0.3) is 10.9 Å². The van der Waals surface area contributed by atoms with E-state index in [1.165, 1.54) is 0 Å². The van der Waals surface area contributed by atoms with E-state index in [0.29, 0.717) is 31.5 Å². The van der Waals surface area contributed by atoms with Crippen molar-refractivity contribution in [3.8, 4) is 0 Å². The van der Waals surface area contributed by atoms with Gasteiger partial charge in [0.05, 0.1) is 17.4 Å². The smallest absolute Gasteiger partial charge is 0.250 e. The lowest BCUT2D eigenvalue weighted by molar-refractivity contribution is -0.152. The molecule has 1 saturated carbocycles. The van der Waals surface area contributed by atoms with E-state index in [2.05, 4.69) is 15.5 Å². The van der Waals surface area contributed by atoms with Crippen LogP contribution in [0.3, 0.4) is 0 Å². The second kappa shape index (κ2) is 8.10. The van der Waals surface area contributed by atoms with Gasteiger partial charge in [-0.1, -0.05) is 18.9 Å². The molecule has 3 heterocycles. The van der Waals surface area contributed by atoms with Crippen molar-refractivity contribution >= 4 is 28.4 Å². The number of nitrogens with one attached hydrogen (secondary N) is 2. The number of nitrogens with zero attached hydrogens (tertiary/aromatic N) is 3. The number of fused-ring (bicyclic) bond motifs is 1. The molecule has 1 aliphatic carbocycles. The van der Waals surface area contributed by atoms with E-state index >= 15 is 0 Å². The summed E-state index contributed by atoms with van der Waals surface area (Å²) < 4.78 is 27.5. The van der Waals surface area contributed by atoms with Gasteiger partial charge in [0.25, 0.3) is 5.92 Å². The summed E-state index contributed by atoms with van der Waals surface area (Å²) >= 11 is 0. The number of aromatic nitrogens is 2. The number of anilines is 1. The number of piperidine rings is 1. The summed E-state index contributed by atoms with van der Waals surface area (Å²) in [6, 6.07) is 5.00. The molecule has 2 amide bonds. The van der Waals surface area contributed by atoms with Crippen LogP contribution in [0, 0.1) is 0 Å². The fourth-order valence-electron chi connectivity index (χ4n) is 5.73. The molecule has 0 bridgehead atoms. The SMILES string of the molecule is O=C(Nc1cccc2[nH]ncc12)[C@H]1CCCN1C(=O)C1(N2CCC(F)(F)CC2)CCCC1. The van der Waals surface area contributed by atoms with Crippen LogP contribution in [0.15, 0.2) is 24.4 Å². The monoisotopic (exact) mass is 445 g/mol. The van der Waals surface area contributed by atoms with Crippen molar-refractivity contribution in [1.82, 2.24) is 20.0 Å². The highest BCUT2D eigenvalue weighted by molar-refractivity contribution is 6.04. The third-order valence-corrected chi connectivity index (χ3v) is 7.49. The lowest BCUT2D eigenvalue weighted by atomic mass is 9.89. The Morgan fingerprint density at radius 2 is 1.81 bits per heavy atom. The van der Waals surface area contributed by atoms with Crippen LogP contribution in [-0.2, 0) is 9.59 Å². The summed E-state index contributed by atoms with van der Waals surface area (Å²) in [6.45, 7) is 0.983. The van der Waals surface area contributed by atoms with Gasteiger partial charge in [0.1, 0.15) is 11.6 Å². The largest absolute Gasteiger partial charge is 0.329 e. The molecule has 2 aromatic rings. The Bertz CT molecular complexity index is 1010. The second-order valence-corrected chi connectivity index (χ2v) is 9.36. The lowest BCUT2D eigenvalue weighted by Crippen LogP contribution is -2.62. The van der Waals surface area contributed by atoms with Crippen LogP contribution in [0.4, 0.5) is 14.5 Å². The maximum atomic E-state index is 13.9. The Labute approximate surface area is 185 Å². The molecular formula is C23H29F2N5O2. The van der Waals surface area contributed by atoms with E-state index in [-0.39, 0.29) is 37.7 Å². The number of carbonyl (C=O) groups excluding carboxylic acids is 2. The maximum absolute atomic E-state index is 13.9. The lowest BCUT2D eigenvalue weighted by Gasteiger charge is -2.46. The Morgan fingerprint density at radius 3 is 2.56 bits per heavy atom. The van der Waals surface area contributed by atoms with Crippen molar-refractivity contribution in [2.75, 3.05) is 25.0 Å². The van der Waals surface area contributed by atoms with Crippen molar-refractivity contribution < 1.29 is 18.4 Å². The van der Waals surface area contributed by atoms with E-state index in [1.807, 2.05) is 23.1 Å². The highest BCUT2D eigenvalue weighted by Crippen LogP contribution is 2.42. The summed E-state index contributed by atoms with van der Waals surface area (Å²) in [7, 11) is 0. The van der Waals surface area contributed by atoms with Gasteiger partial charge in [-0.05, 0) is 37.8 Å². The van der Waals surface area contributed by atoms with Crippen molar-refractivity contribution in [1.29, 1.82) is 0 Å². The number of carbonyl (C=O) groups is 2. The third kappa shape index (κ3) is 3.66. The number of alkyl halides is 2. The number of hydrogen-bond acceptors (Lipinski definition) is 4. The molecular weight excluding hydrogens is 416 g/mol. The first-order valence-corrected chi connectivity index (χ1v) is 11.6. The first-order valence-electron chi connectivity index (χ1n) is 11.6. The maximum Gasteiger partial charge on any atom is 0.250 e. The quantitative estimate of drug-likeness (QED) is 0.754. The predicted molar refractivity (Wildman–Crippen MR) is 116 cm³/mol. The Balaban J connectivity index is 1.35. The van der Waals surface area contributed by atoms with Crippen LogP contribution >= 0.6 is 0 Å². The second-order valence-electron chi connectivity index (χ2n) is 9.36. The van der Waals surface area contributed by atoms with Crippen molar-refractivity contribution in [2.45, 2.75) is 68.9 Å². The molecule has 2 N–H and O–H groups in total. The average Bonchev–Trinajstić information content (AvgIpc) is 3.53. The van der Waals surface area contributed by atoms with Crippen LogP contribution < -0.4 is 5.32 Å². The number of benzene rings is 1. The minimum Gasteiger partial charge on any atom is -0.329 e. The molecule has 3 aliphatic rings. The molecule has 172 valence electrons. The van der Waals surface area contributed by atoms with Crippen molar-refractivity contribution in [3.63, 3.8) is 0 Å². The summed E-state index contributed by atoms with van der Waals surface area (Å²) in [4.78, 5) is 30.8. The molecule has 1 atom stereocenters. The minimum absolute atomic E-state index is 0.0561. The van der Waals surface area contributed by atoms with Gasteiger partial charge in [-0.15, -0.1) is 0 Å². The molecule has 0 unspecified atom stereocenters. The van der Waals surface area contributed by atoms with E-state index in [9.17, 15) is 18.4 Å². The molecule has 2 aliphatic heterocycles. The number of halogens is 2. The number of hydrogen-bond donors (Lipinski definition) is 2. The number of rotatable bonds is 4. The number of amides is 2. The summed E-state index contributed by atoms with van der Waals surface area (Å²) in [5, 5.41) is 10.7. The van der Waals surface area contributed by atoms with E-state index in [1.54, 1.807) is 11.1 Å². The highest BCUT2D eigenvalue weighted by Gasteiger charge is 2.52. The highest BCUT2D eigenvalue weighted by atomic mass is 19.3. The predicted octanol–water partition coefficient (Wildman–Crippen LogP) is 3.54. The first kappa shape index (κ1) is 21.3. The zero-order chi connectivity index (χ0) is 22.3. The zero-order valence-corrected chi connectivity index (χ0v) is 18.1. The molecule has 7 nitrogen and oxygen atoms in total. The average molecular weight is 446 g/mol. The van der Waals surface area contributed by atoms with Gasteiger partial charge >= 0.3 is 0 Å². The summed E-state index contributed by atoms with van der Waals surface area (Å²) in [6.07, 6.45) is 5.79. The summed E-state index contributed by atoms with van der Waals surface area (Å²) in [5.41, 5.74) is 0.743. The third-order valence-electron chi connectivity index (χ3n) is 7.49. The Kier molecular flexibility index (Phi) is 5.39. The van der Waals surface area contributed by atoms with E-state index in [0.717, 1.165) is 30.2 Å². The van der Waals surface area contributed by atoms with Crippen molar-refractivity contribution in [3.05, 3.63) is 24.4 Å². The molecule has 9 heteroatoms. The summed E-state index contributed by atoms with van der Waals surface area (Å²) in [5.74, 6) is -2.91. The molecule has 0 radical (unpaired) electrons. The fourth-order valence-corrected chi connectivity index (χ4v) is 5.73. The number of likely N-dealkylation sites (tertiary alicyclic amines) is 2.